The Balaban J connectivity index is 1.72. The minimum atomic E-state index is -0.872. The number of amides is 1. The predicted molar refractivity (Wildman–Crippen MR) is 113 cm³/mol. The number of pyridine rings is 1. The van der Waals surface area contributed by atoms with E-state index in [1.54, 1.807) is 30.0 Å². The first-order valence-electron chi connectivity index (χ1n) is 9.44. The first-order chi connectivity index (χ1) is 13.6. The van der Waals surface area contributed by atoms with E-state index in [2.05, 4.69) is 25.8 Å². The maximum Gasteiger partial charge on any atom is 0.407 e. The fourth-order valence-electron chi connectivity index (χ4n) is 3.64. The number of nitrogens with zero attached hydrogens (tertiary/aromatic N) is 2. The number of rotatable bonds is 5. The molecule has 6 nitrogen and oxygen atoms in total. The molecule has 1 N–H and O–H groups in total. The fourth-order valence-corrected chi connectivity index (χ4v) is 5.21. The smallest absolute Gasteiger partial charge is 0.407 e. The van der Waals surface area contributed by atoms with Crippen molar-refractivity contribution >= 4 is 23.6 Å². The van der Waals surface area contributed by atoms with E-state index in [1.165, 1.54) is 12.0 Å². The number of carboxylic acid groups (broad SMARTS) is 1. The van der Waals surface area contributed by atoms with Gasteiger partial charge in [0, 0.05) is 27.8 Å². The van der Waals surface area contributed by atoms with Crippen LogP contribution in [0.25, 0.3) is 0 Å². The van der Waals surface area contributed by atoms with Crippen molar-refractivity contribution in [1.29, 1.82) is 0 Å². The van der Waals surface area contributed by atoms with E-state index in [4.69, 9.17) is 4.74 Å². The van der Waals surface area contributed by atoms with Crippen molar-refractivity contribution in [3.63, 3.8) is 0 Å². The lowest BCUT2D eigenvalue weighted by atomic mass is 9.79. The van der Waals surface area contributed by atoms with Crippen LogP contribution in [0.1, 0.15) is 42.4 Å². The van der Waals surface area contributed by atoms with Gasteiger partial charge in [-0.2, -0.15) is 0 Å². The molecule has 1 amide bonds. The predicted octanol–water partition coefficient (Wildman–Crippen LogP) is 4.50. The van der Waals surface area contributed by atoms with E-state index in [9.17, 15) is 14.7 Å². The summed E-state index contributed by atoms with van der Waals surface area (Å²) in [5, 5.41) is 9.57. The average Bonchev–Trinajstić information content (AvgIpc) is 2.63. The Kier molecular flexibility index (Phi) is 5.89. The monoisotopic (exact) mass is 414 g/mol. The van der Waals surface area contributed by atoms with Crippen LogP contribution in [0.3, 0.4) is 0 Å². The van der Waals surface area contributed by atoms with Crippen LogP contribution in [0.2, 0.25) is 0 Å². The van der Waals surface area contributed by atoms with Crippen LogP contribution in [0.4, 0.5) is 4.79 Å². The molecule has 2 unspecified atom stereocenters. The highest BCUT2D eigenvalue weighted by Gasteiger charge is 2.48. The molecule has 1 saturated heterocycles. The minimum Gasteiger partial charge on any atom is -0.481 e. The van der Waals surface area contributed by atoms with Crippen molar-refractivity contribution < 1.29 is 19.4 Å². The standard InChI is InChI=1S/C22H26N2O4S/c1-13-6-11-16(23-20(13)28-5)18(25)14-7-9-15(10-8-14)29-17-12-24(21(26)27)19(17)22(2,3)4/h6-11,17,19H,12H2,1-5H3,(H,26,27). The number of aromatic nitrogens is 1. The number of ketones is 1. The summed E-state index contributed by atoms with van der Waals surface area (Å²) in [6.45, 7) is 8.57. The number of hydrogen-bond donors (Lipinski definition) is 1. The summed E-state index contributed by atoms with van der Waals surface area (Å²) in [5.74, 6) is 0.289. The summed E-state index contributed by atoms with van der Waals surface area (Å²) in [5.41, 5.74) is 1.64. The van der Waals surface area contributed by atoms with Crippen molar-refractivity contribution in [1.82, 2.24) is 9.88 Å². The van der Waals surface area contributed by atoms with Gasteiger partial charge in [-0.25, -0.2) is 9.78 Å². The molecule has 1 fully saturated rings. The Morgan fingerprint density at radius 2 is 1.83 bits per heavy atom. The number of benzene rings is 1. The van der Waals surface area contributed by atoms with Gasteiger partial charge < -0.3 is 14.7 Å². The maximum atomic E-state index is 12.7. The number of likely N-dealkylation sites (tertiary alicyclic amines) is 1. The topological polar surface area (TPSA) is 79.7 Å². The van der Waals surface area contributed by atoms with Gasteiger partial charge in [0.15, 0.2) is 0 Å². The van der Waals surface area contributed by atoms with Gasteiger partial charge in [-0.05, 0) is 42.7 Å². The quantitative estimate of drug-likeness (QED) is 0.726. The number of ether oxygens (including phenoxy) is 1. The van der Waals surface area contributed by atoms with Crippen molar-refractivity contribution in [2.75, 3.05) is 13.7 Å². The Morgan fingerprint density at radius 1 is 1.17 bits per heavy atom. The zero-order valence-corrected chi connectivity index (χ0v) is 18.1. The Morgan fingerprint density at radius 3 is 2.38 bits per heavy atom. The van der Waals surface area contributed by atoms with E-state index < -0.39 is 6.09 Å². The summed E-state index contributed by atoms with van der Waals surface area (Å²) in [6.07, 6.45) is -0.872. The fraction of sp³-hybridized carbons (Fsp3) is 0.409. The molecule has 0 saturated carbocycles. The molecule has 2 heterocycles. The molecule has 2 atom stereocenters. The Labute approximate surface area is 175 Å². The second-order valence-corrected chi connectivity index (χ2v) is 9.59. The summed E-state index contributed by atoms with van der Waals surface area (Å²) >= 11 is 1.66. The summed E-state index contributed by atoms with van der Waals surface area (Å²) < 4.78 is 5.20. The third-order valence-corrected chi connectivity index (χ3v) is 6.33. The van der Waals surface area contributed by atoms with E-state index in [-0.39, 0.29) is 22.5 Å². The van der Waals surface area contributed by atoms with Crippen molar-refractivity contribution in [3.8, 4) is 5.88 Å². The highest BCUT2D eigenvalue weighted by atomic mass is 32.2. The third kappa shape index (κ3) is 4.40. The number of aryl methyl sites for hydroxylation is 1. The lowest BCUT2D eigenvalue weighted by molar-refractivity contribution is 0.0264. The van der Waals surface area contributed by atoms with Crippen LogP contribution >= 0.6 is 11.8 Å². The van der Waals surface area contributed by atoms with Crippen LogP contribution in [0.5, 0.6) is 5.88 Å². The molecule has 1 aromatic carbocycles. The average molecular weight is 415 g/mol. The second-order valence-electron chi connectivity index (χ2n) is 8.28. The molecule has 1 aliphatic heterocycles. The molecule has 29 heavy (non-hydrogen) atoms. The number of carbonyl (C=O) groups is 2. The van der Waals surface area contributed by atoms with E-state index in [1.807, 2.05) is 25.1 Å². The molecule has 0 spiro atoms. The van der Waals surface area contributed by atoms with Crippen molar-refractivity contribution in [2.24, 2.45) is 5.41 Å². The van der Waals surface area contributed by atoms with Gasteiger partial charge in [-0.1, -0.05) is 26.8 Å². The number of hydrogen-bond acceptors (Lipinski definition) is 5. The van der Waals surface area contributed by atoms with Gasteiger partial charge in [-0.3, -0.25) is 4.79 Å². The summed E-state index contributed by atoms with van der Waals surface area (Å²) in [4.78, 5) is 31.0. The molecule has 7 heteroatoms. The van der Waals surface area contributed by atoms with Crippen LogP contribution in [-0.4, -0.2) is 51.8 Å². The first kappa shape index (κ1) is 21.2. The van der Waals surface area contributed by atoms with Crippen LogP contribution in [-0.2, 0) is 0 Å². The minimum absolute atomic E-state index is 0.0458. The van der Waals surface area contributed by atoms with Gasteiger partial charge in [0.2, 0.25) is 11.7 Å². The normalized spacial score (nSPS) is 18.9. The lowest BCUT2D eigenvalue weighted by Gasteiger charge is -2.52. The molecule has 1 aliphatic rings. The van der Waals surface area contributed by atoms with Crippen LogP contribution in [0.15, 0.2) is 41.3 Å². The van der Waals surface area contributed by atoms with E-state index in [0.717, 1.165) is 10.5 Å². The molecule has 0 bridgehead atoms. The molecule has 3 rings (SSSR count). The van der Waals surface area contributed by atoms with Gasteiger partial charge >= 0.3 is 6.09 Å². The molecule has 2 aromatic rings. The molecular formula is C22H26N2O4S. The van der Waals surface area contributed by atoms with Crippen molar-refractivity contribution in [2.45, 2.75) is 43.9 Å². The Hall–Kier alpha value is -2.54. The summed E-state index contributed by atoms with van der Waals surface area (Å²) in [6, 6.07) is 10.9. The SMILES string of the molecule is COc1nc(C(=O)c2ccc(SC3CN(C(=O)O)C3C(C)(C)C)cc2)ccc1C. The zero-order valence-electron chi connectivity index (χ0n) is 17.3. The highest BCUT2D eigenvalue weighted by Crippen LogP contribution is 2.42. The zero-order chi connectivity index (χ0) is 21.3. The van der Waals surface area contributed by atoms with Crippen LogP contribution < -0.4 is 4.74 Å². The number of carbonyl (C=O) groups excluding carboxylic acids is 1. The van der Waals surface area contributed by atoms with Gasteiger partial charge in [0.05, 0.1) is 13.2 Å². The second kappa shape index (κ2) is 8.06. The molecular weight excluding hydrogens is 388 g/mol. The number of thioether (sulfide) groups is 1. The summed E-state index contributed by atoms with van der Waals surface area (Å²) in [7, 11) is 1.53. The largest absolute Gasteiger partial charge is 0.481 e. The Bertz CT molecular complexity index is 921. The van der Waals surface area contributed by atoms with E-state index in [0.29, 0.717) is 23.7 Å². The molecule has 154 valence electrons. The first-order valence-corrected chi connectivity index (χ1v) is 10.3. The van der Waals surface area contributed by atoms with Crippen LogP contribution in [0, 0.1) is 12.3 Å². The maximum absolute atomic E-state index is 12.7. The van der Waals surface area contributed by atoms with E-state index >= 15 is 0 Å². The number of methoxy groups -OCH3 is 1. The lowest BCUT2D eigenvalue weighted by Crippen LogP contribution is -2.65. The van der Waals surface area contributed by atoms with Crippen molar-refractivity contribution in [3.05, 3.63) is 53.2 Å². The molecule has 0 radical (unpaired) electrons. The third-order valence-electron chi connectivity index (χ3n) is 5.08. The van der Waals surface area contributed by atoms with Gasteiger partial charge in [0.1, 0.15) is 5.69 Å². The van der Waals surface area contributed by atoms with Gasteiger partial charge in [0.25, 0.3) is 0 Å². The molecule has 1 aromatic heterocycles. The highest BCUT2D eigenvalue weighted by molar-refractivity contribution is 8.00. The van der Waals surface area contributed by atoms with Gasteiger partial charge in [-0.15, -0.1) is 11.8 Å². The molecule has 0 aliphatic carbocycles.